The number of hydrogen-bond acceptors (Lipinski definition) is 8. The standard InChI is InChI=1S/C25H26N4O4S/c1-32-20-6-5-17(22(15-20)33-2)16-34-25-21(4-3-10-27-25)24(31)28-18-7-11-26-23(14-18)29-12-8-19(30)9-13-29/h3-7,10-11,14-15H,8-9,12-13,16H2,1-2H3,(H,26,28,31). The number of amides is 1. The molecule has 8 nitrogen and oxygen atoms in total. The van der Waals surface area contributed by atoms with Gasteiger partial charge in [0.2, 0.25) is 0 Å². The van der Waals surface area contributed by atoms with E-state index in [1.165, 1.54) is 11.8 Å². The summed E-state index contributed by atoms with van der Waals surface area (Å²) in [6, 6.07) is 12.7. The van der Waals surface area contributed by atoms with Crippen LogP contribution in [0.1, 0.15) is 28.8 Å². The number of ether oxygens (including phenoxy) is 2. The predicted octanol–water partition coefficient (Wildman–Crippen LogP) is 4.21. The Bertz CT molecular complexity index is 1180. The number of hydrogen-bond donors (Lipinski definition) is 1. The minimum atomic E-state index is -0.247. The first kappa shape index (κ1) is 23.6. The van der Waals surface area contributed by atoms with Gasteiger partial charge in [0, 0.05) is 67.5 Å². The van der Waals surface area contributed by atoms with Gasteiger partial charge in [0.15, 0.2) is 0 Å². The van der Waals surface area contributed by atoms with Gasteiger partial charge in [-0.2, -0.15) is 0 Å². The lowest BCUT2D eigenvalue weighted by Crippen LogP contribution is -2.34. The highest BCUT2D eigenvalue weighted by atomic mass is 32.2. The monoisotopic (exact) mass is 478 g/mol. The van der Waals surface area contributed by atoms with Gasteiger partial charge in [0.05, 0.1) is 19.8 Å². The molecule has 9 heteroatoms. The fourth-order valence-electron chi connectivity index (χ4n) is 3.65. The van der Waals surface area contributed by atoms with Crippen molar-refractivity contribution in [2.75, 3.05) is 37.5 Å². The molecule has 1 amide bonds. The number of carbonyl (C=O) groups is 2. The molecule has 1 aromatic carbocycles. The van der Waals surface area contributed by atoms with Crippen molar-refractivity contribution < 1.29 is 19.1 Å². The Morgan fingerprint density at radius 3 is 2.65 bits per heavy atom. The molecule has 176 valence electrons. The third kappa shape index (κ3) is 5.66. The Morgan fingerprint density at radius 1 is 1.06 bits per heavy atom. The zero-order valence-corrected chi connectivity index (χ0v) is 19.9. The van der Waals surface area contributed by atoms with Crippen LogP contribution >= 0.6 is 11.8 Å². The summed E-state index contributed by atoms with van der Waals surface area (Å²) in [5.41, 5.74) is 2.11. The van der Waals surface area contributed by atoms with Gasteiger partial charge >= 0.3 is 0 Å². The first-order valence-electron chi connectivity index (χ1n) is 10.9. The van der Waals surface area contributed by atoms with Crippen LogP contribution in [0, 0.1) is 0 Å². The van der Waals surface area contributed by atoms with Gasteiger partial charge in [0.25, 0.3) is 5.91 Å². The number of Topliss-reactive ketones (excluding diaryl/α,β-unsaturated/α-hetero) is 1. The fourth-order valence-corrected chi connectivity index (χ4v) is 4.63. The van der Waals surface area contributed by atoms with Crippen LogP contribution in [0.25, 0.3) is 0 Å². The largest absolute Gasteiger partial charge is 0.497 e. The molecule has 1 aliphatic rings. The highest BCUT2D eigenvalue weighted by Crippen LogP contribution is 2.31. The predicted molar refractivity (Wildman–Crippen MR) is 132 cm³/mol. The number of nitrogens with one attached hydrogen (secondary N) is 1. The van der Waals surface area contributed by atoms with Gasteiger partial charge in [-0.05, 0) is 24.3 Å². The van der Waals surface area contributed by atoms with Crippen molar-refractivity contribution in [1.82, 2.24) is 9.97 Å². The van der Waals surface area contributed by atoms with Gasteiger partial charge < -0.3 is 19.7 Å². The van der Waals surface area contributed by atoms with E-state index >= 15 is 0 Å². The number of aromatic nitrogens is 2. The van der Waals surface area contributed by atoms with Crippen molar-refractivity contribution in [1.29, 1.82) is 0 Å². The van der Waals surface area contributed by atoms with E-state index in [4.69, 9.17) is 9.47 Å². The second-order valence-corrected chi connectivity index (χ2v) is 8.67. The van der Waals surface area contributed by atoms with Gasteiger partial charge in [-0.1, -0.05) is 6.07 Å². The van der Waals surface area contributed by atoms with E-state index in [0.717, 1.165) is 22.9 Å². The van der Waals surface area contributed by atoms with Crippen molar-refractivity contribution in [3.63, 3.8) is 0 Å². The van der Waals surface area contributed by atoms with Crippen LogP contribution in [0.2, 0.25) is 0 Å². The highest BCUT2D eigenvalue weighted by molar-refractivity contribution is 7.98. The average molecular weight is 479 g/mol. The van der Waals surface area contributed by atoms with Crippen LogP contribution in [0.4, 0.5) is 11.5 Å². The minimum absolute atomic E-state index is 0.247. The third-order valence-corrected chi connectivity index (χ3v) is 6.58. The third-order valence-electron chi connectivity index (χ3n) is 5.52. The number of methoxy groups -OCH3 is 2. The van der Waals surface area contributed by atoms with E-state index in [0.29, 0.717) is 48.0 Å². The van der Waals surface area contributed by atoms with Crippen molar-refractivity contribution in [3.05, 3.63) is 66.0 Å². The summed E-state index contributed by atoms with van der Waals surface area (Å²) >= 11 is 1.46. The number of pyridine rings is 2. The molecule has 3 heterocycles. The van der Waals surface area contributed by atoms with Gasteiger partial charge in [-0.3, -0.25) is 9.59 Å². The summed E-state index contributed by atoms with van der Waals surface area (Å²) in [4.78, 5) is 35.5. The number of carbonyl (C=O) groups excluding carboxylic acids is 2. The molecule has 2 aromatic heterocycles. The summed E-state index contributed by atoms with van der Waals surface area (Å²) in [7, 11) is 3.23. The Kier molecular flexibility index (Phi) is 7.64. The molecule has 1 fully saturated rings. The van der Waals surface area contributed by atoms with E-state index in [1.807, 2.05) is 24.3 Å². The SMILES string of the molecule is COc1ccc(CSc2ncccc2C(=O)Nc2ccnc(N3CCC(=O)CC3)c2)c(OC)c1. The summed E-state index contributed by atoms with van der Waals surface area (Å²) in [6.07, 6.45) is 4.38. The molecule has 0 bridgehead atoms. The molecule has 0 spiro atoms. The molecule has 4 rings (SSSR count). The molecule has 1 aliphatic heterocycles. The lowest BCUT2D eigenvalue weighted by molar-refractivity contribution is -0.119. The molecule has 0 aliphatic carbocycles. The number of nitrogens with zero attached hydrogens (tertiary/aromatic N) is 3. The molecule has 0 unspecified atom stereocenters. The molecule has 34 heavy (non-hydrogen) atoms. The lowest BCUT2D eigenvalue weighted by atomic mass is 10.1. The average Bonchev–Trinajstić information content (AvgIpc) is 2.88. The molecule has 1 saturated heterocycles. The molecule has 0 atom stereocenters. The van der Waals surface area contributed by atoms with Gasteiger partial charge in [-0.25, -0.2) is 9.97 Å². The van der Waals surface area contributed by atoms with Crippen LogP contribution in [0.15, 0.2) is 59.9 Å². The van der Waals surface area contributed by atoms with Crippen LogP contribution in [-0.2, 0) is 10.5 Å². The molecular weight excluding hydrogens is 452 g/mol. The highest BCUT2D eigenvalue weighted by Gasteiger charge is 2.19. The number of anilines is 2. The number of ketones is 1. The van der Waals surface area contributed by atoms with Crippen molar-refractivity contribution in [2.24, 2.45) is 0 Å². The van der Waals surface area contributed by atoms with E-state index in [-0.39, 0.29) is 11.7 Å². The summed E-state index contributed by atoms with van der Waals surface area (Å²) < 4.78 is 10.7. The molecule has 1 N–H and O–H groups in total. The second kappa shape index (κ2) is 11.0. The van der Waals surface area contributed by atoms with E-state index < -0.39 is 0 Å². The first-order chi connectivity index (χ1) is 16.6. The normalized spacial score (nSPS) is 13.5. The quantitative estimate of drug-likeness (QED) is 0.482. The van der Waals surface area contributed by atoms with Crippen LogP contribution in [-0.4, -0.2) is 49.0 Å². The van der Waals surface area contributed by atoms with E-state index in [2.05, 4.69) is 20.2 Å². The Labute approximate surface area is 202 Å². The zero-order valence-electron chi connectivity index (χ0n) is 19.1. The summed E-state index contributed by atoms with van der Waals surface area (Å²) in [5, 5.41) is 3.58. The molecular formula is C25H26N4O4S. The molecule has 3 aromatic rings. The van der Waals surface area contributed by atoms with E-state index in [1.54, 1.807) is 44.8 Å². The fraction of sp³-hybridized carbons (Fsp3) is 0.280. The van der Waals surface area contributed by atoms with Gasteiger partial charge in [0.1, 0.15) is 28.1 Å². The summed E-state index contributed by atoms with van der Waals surface area (Å²) in [6.45, 7) is 1.28. The maximum atomic E-state index is 13.1. The van der Waals surface area contributed by atoms with E-state index in [9.17, 15) is 9.59 Å². The Morgan fingerprint density at radius 2 is 1.88 bits per heavy atom. The smallest absolute Gasteiger partial charge is 0.258 e. The number of rotatable bonds is 8. The zero-order chi connectivity index (χ0) is 23.9. The number of piperidine rings is 1. The molecule has 0 saturated carbocycles. The Balaban J connectivity index is 1.46. The molecule has 0 radical (unpaired) electrons. The summed E-state index contributed by atoms with van der Waals surface area (Å²) in [5.74, 6) is 2.79. The van der Waals surface area contributed by atoms with Crippen molar-refractivity contribution >= 4 is 35.0 Å². The number of thioether (sulfide) groups is 1. The van der Waals surface area contributed by atoms with Crippen molar-refractivity contribution in [3.8, 4) is 11.5 Å². The second-order valence-electron chi connectivity index (χ2n) is 7.71. The minimum Gasteiger partial charge on any atom is -0.497 e. The lowest BCUT2D eigenvalue weighted by Gasteiger charge is -2.27. The first-order valence-corrected chi connectivity index (χ1v) is 11.9. The van der Waals surface area contributed by atoms with Gasteiger partial charge in [-0.15, -0.1) is 11.8 Å². The number of benzene rings is 1. The maximum Gasteiger partial charge on any atom is 0.258 e. The van der Waals surface area contributed by atoms with Crippen LogP contribution in [0.5, 0.6) is 11.5 Å². The van der Waals surface area contributed by atoms with Crippen LogP contribution < -0.4 is 19.7 Å². The van der Waals surface area contributed by atoms with Crippen LogP contribution in [0.3, 0.4) is 0 Å². The maximum absolute atomic E-state index is 13.1. The van der Waals surface area contributed by atoms with Crippen molar-refractivity contribution in [2.45, 2.75) is 23.6 Å². The topological polar surface area (TPSA) is 93.6 Å². The Hall–Kier alpha value is -3.59.